The maximum atomic E-state index is 12.7. The lowest BCUT2D eigenvalue weighted by molar-refractivity contribution is 0.481. The van der Waals surface area contributed by atoms with E-state index < -0.39 is 25.1 Å². The first-order valence-electron chi connectivity index (χ1n) is 14.2. The van der Waals surface area contributed by atoms with Crippen molar-refractivity contribution in [2.24, 2.45) is 4.99 Å². The smallest absolute Gasteiger partial charge is 0.296 e. The molecule has 0 saturated heterocycles. The number of para-hydroxylation sites is 2. The van der Waals surface area contributed by atoms with Crippen LogP contribution < -0.4 is 15.5 Å². The van der Waals surface area contributed by atoms with Crippen LogP contribution >= 0.6 is 0 Å². The molecule has 11 nitrogen and oxygen atoms in total. The molecular weight excluding hydrogens is 639 g/mol. The number of nitrogens with one attached hydrogen (secondary N) is 3. The highest BCUT2D eigenvalue weighted by atomic mass is 32.2. The van der Waals surface area contributed by atoms with Crippen molar-refractivity contribution in [2.75, 3.05) is 15.5 Å². The maximum absolute atomic E-state index is 12.7. The van der Waals surface area contributed by atoms with Crippen LogP contribution in [0.25, 0.3) is 10.8 Å². The van der Waals surface area contributed by atoms with E-state index in [1.807, 2.05) is 65.6 Å². The third kappa shape index (κ3) is 5.68. The monoisotopic (exact) mass is 663 g/mol. The average molecular weight is 664 g/mol. The van der Waals surface area contributed by atoms with Gasteiger partial charge in [-0.15, -0.1) is 0 Å². The van der Waals surface area contributed by atoms with Crippen LogP contribution in [0.5, 0.6) is 0 Å². The zero-order valence-corrected chi connectivity index (χ0v) is 25.9. The van der Waals surface area contributed by atoms with E-state index in [1.165, 1.54) is 30.4 Å². The van der Waals surface area contributed by atoms with Gasteiger partial charge in [0.2, 0.25) is 0 Å². The number of benzene rings is 5. The molecule has 0 fully saturated rings. The minimum absolute atomic E-state index is 0.0350. The van der Waals surface area contributed by atoms with Crippen molar-refractivity contribution in [1.82, 2.24) is 0 Å². The summed E-state index contributed by atoms with van der Waals surface area (Å²) in [7, 11) is -9.46. The molecule has 1 aliphatic heterocycles. The first kappa shape index (κ1) is 30.1. The number of hydrogen-bond donors (Lipinski definition) is 5. The average Bonchev–Trinajstić information content (AvgIpc) is 3.04. The van der Waals surface area contributed by atoms with Gasteiger partial charge in [0.25, 0.3) is 20.2 Å². The largest absolute Gasteiger partial charge is 0.355 e. The molecule has 5 aromatic rings. The Hall–Kier alpha value is -5.60. The summed E-state index contributed by atoms with van der Waals surface area (Å²) >= 11 is 0. The molecule has 5 N–H and O–H groups in total. The molecule has 0 aromatic heterocycles. The fourth-order valence-electron chi connectivity index (χ4n) is 5.67. The van der Waals surface area contributed by atoms with E-state index in [2.05, 4.69) is 15.6 Å². The van der Waals surface area contributed by atoms with Gasteiger partial charge in [-0.05, 0) is 72.8 Å². The van der Waals surface area contributed by atoms with Crippen LogP contribution in [0.15, 0.2) is 136 Å². The summed E-state index contributed by atoms with van der Waals surface area (Å²) in [5, 5.41) is 15.0. The molecule has 0 saturated carbocycles. The molecule has 2 aliphatic rings. The van der Waals surface area contributed by atoms with E-state index >= 15 is 0 Å². The van der Waals surface area contributed by atoms with Crippen molar-refractivity contribution in [3.63, 3.8) is 0 Å². The van der Waals surface area contributed by atoms with Crippen LogP contribution in [0.1, 0.15) is 0 Å². The van der Waals surface area contributed by atoms with Crippen LogP contribution in [0.3, 0.4) is 0 Å². The van der Waals surface area contributed by atoms with Crippen LogP contribution in [-0.2, 0) is 20.2 Å². The van der Waals surface area contributed by atoms with Crippen LogP contribution in [0.2, 0.25) is 0 Å². The highest BCUT2D eigenvalue weighted by molar-refractivity contribution is 7.86. The fraction of sp³-hybridized carbons (Fsp3) is 0. The van der Waals surface area contributed by atoms with E-state index in [1.54, 1.807) is 30.4 Å². The summed E-state index contributed by atoms with van der Waals surface area (Å²) in [6.07, 6.45) is 6.17. The molecule has 0 amide bonds. The molecular formula is C34H25N5O6S2. The van der Waals surface area contributed by atoms with Crippen molar-refractivity contribution < 1.29 is 25.9 Å². The molecule has 0 unspecified atom stereocenters. The number of fused-ring (bicyclic) bond motifs is 4. The van der Waals surface area contributed by atoms with Crippen molar-refractivity contribution in [3.8, 4) is 0 Å². The SMILES string of the molecule is N=C1C=CC(=Nc2cc3c(cc2S(=O)(=O)O)Nc2c(cc(Nc4ccccc4)c4c(S(=O)(=O)O)cccc24)N3c2ccccc2)C=C1. The quantitative estimate of drug-likeness (QED) is 0.0879. The lowest BCUT2D eigenvalue weighted by Crippen LogP contribution is -2.19. The Morgan fingerprint density at radius 2 is 1.38 bits per heavy atom. The Labute approximate surface area is 270 Å². The van der Waals surface area contributed by atoms with Gasteiger partial charge in [-0.1, -0.05) is 48.5 Å². The van der Waals surface area contributed by atoms with E-state index in [4.69, 9.17) is 5.41 Å². The zero-order chi connectivity index (χ0) is 32.9. The predicted molar refractivity (Wildman–Crippen MR) is 184 cm³/mol. The molecule has 0 atom stereocenters. The van der Waals surface area contributed by atoms with Crippen molar-refractivity contribution in [2.45, 2.75) is 9.79 Å². The second kappa shape index (κ2) is 11.3. The number of allylic oxidation sites excluding steroid dienone is 4. The summed E-state index contributed by atoms with van der Waals surface area (Å²) in [6, 6.07) is 27.5. The Kier molecular flexibility index (Phi) is 7.25. The Morgan fingerprint density at radius 3 is 2.04 bits per heavy atom. The van der Waals surface area contributed by atoms with E-state index in [9.17, 15) is 25.9 Å². The number of anilines is 7. The first-order chi connectivity index (χ1) is 22.5. The molecule has 13 heteroatoms. The number of nitrogens with zero attached hydrogens (tertiary/aromatic N) is 2. The molecule has 0 bridgehead atoms. The molecule has 5 aromatic carbocycles. The Balaban J connectivity index is 1.54. The zero-order valence-electron chi connectivity index (χ0n) is 24.3. The second-order valence-corrected chi connectivity index (χ2v) is 13.5. The summed E-state index contributed by atoms with van der Waals surface area (Å²) in [5.41, 5.74) is 4.13. The Morgan fingerprint density at radius 1 is 0.723 bits per heavy atom. The second-order valence-electron chi connectivity index (χ2n) is 10.7. The minimum Gasteiger partial charge on any atom is -0.355 e. The van der Waals surface area contributed by atoms with Crippen molar-refractivity contribution >= 4 is 87.9 Å². The van der Waals surface area contributed by atoms with Gasteiger partial charge in [0.1, 0.15) is 9.79 Å². The van der Waals surface area contributed by atoms with Gasteiger partial charge in [-0.2, -0.15) is 16.8 Å². The number of rotatable bonds is 6. The van der Waals surface area contributed by atoms with Crippen molar-refractivity contribution in [3.05, 3.63) is 121 Å². The van der Waals surface area contributed by atoms with Gasteiger partial charge in [0.15, 0.2) is 0 Å². The summed E-state index contributed by atoms with van der Waals surface area (Å²) in [5.74, 6) is 0. The molecule has 47 heavy (non-hydrogen) atoms. The highest BCUT2D eigenvalue weighted by Gasteiger charge is 2.31. The summed E-state index contributed by atoms with van der Waals surface area (Å²) < 4.78 is 71.2. The Bertz CT molecular complexity index is 2410. The molecule has 234 valence electrons. The lowest BCUT2D eigenvalue weighted by Gasteiger charge is -2.36. The summed E-state index contributed by atoms with van der Waals surface area (Å²) in [6.45, 7) is 0. The molecule has 0 spiro atoms. The third-order valence-electron chi connectivity index (χ3n) is 7.66. The van der Waals surface area contributed by atoms with Gasteiger partial charge in [0, 0.05) is 22.1 Å². The van der Waals surface area contributed by atoms with E-state index in [-0.39, 0.29) is 27.4 Å². The topological polar surface area (TPSA) is 172 Å². The van der Waals surface area contributed by atoms with Gasteiger partial charge in [-0.25, -0.2) is 4.99 Å². The van der Waals surface area contributed by atoms with Crippen molar-refractivity contribution in [1.29, 1.82) is 5.41 Å². The first-order valence-corrected chi connectivity index (χ1v) is 17.1. The van der Waals surface area contributed by atoms with Gasteiger partial charge >= 0.3 is 0 Å². The third-order valence-corrected chi connectivity index (χ3v) is 9.44. The van der Waals surface area contributed by atoms with Crippen LogP contribution in [0.4, 0.5) is 45.5 Å². The predicted octanol–water partition coefficient (Wildman–Crippen LogP) is 7.82. The van der Waals surface area contributed by atoms with Gasteiger partial charge in [0.05, 0.1) is 45.5 Å². The van der Waals surface area contributed by atoms with Gasteiger partial charge < -0.3 is 20.9 Å². The normalized spacial score (nSPS) is 14.0. The lowest BCUT2D eigenvalue weighted by atomic mass is 9.99. The standard InChI is InChI=1S/C34H25N5O6S2/c35-21-14-16-23(17-15-21)36-27-18-29-26(20-32(27)47(43,44)45)38-34-25-12-7-13-31(46(40,41)42)33(25)28(37-22-8-3-1-4-9-22)19-30(34)39(29)24-10-5-2-6-11-24/h1-20,35,37-38H,(H,40,41,42)(H,43,44,45). The number of hydrogen-bond acceptors (Lipinski definition) is 9. The van der Waals surface area contributed by atoms with Gasteiger partial charge in [-0.3, -0.25) is 9.11 Å². The van der Waals surface area contributed by atoms with E-state index in [0.717, 1.165) is 0 Å². The maximum Gasteiger partial charge on any atom is 0.296 e. The minimum atomic E-state index is -4.78. The van der Waals surface area contributed by atoms with Crippen LogP contribution in [-0.4, -0.2) is 37.4 Å². The fourth-order valence-corrected chi connectivity index (χ4v) is 7.03. The summed E-state index contributed by atoms with van der Waals surface area (Å²) in [4.78, 5) is 5.61. The molecule has 7 rings (SSSR count). The van der Waals surface area contributed by atoms with Crippen LogP contribution in [0, 0.1) is 5.41 Å². The van der Waals surface area contributed by atoms with E-state index in [0.29, 0.717) is 45.2 Å². The molecule has 1 heterocycles. The number of aliphatic imine (C=N–C) groups is 1. The molecule has 1 aliphatic carbocycles. The molecule has 0 radical (unpaired) electrons. The highest BCUT2D eigenvalue weighted by Crippen LogP contribution is 2.54.